The topological polar surface area (TPSA) is 74.3 Å². The largest absolute Gasteiger partial charge is 0.491 e. The number of ether oxygens (including phenoxy) is 4. The van der Waals surface area contributed by atoms with Crippen LogP contribution in [0.1, 0.15) is 31.9 Å². The van der Waals surface area contributed by atoms with E-state index in [1.54, 1.807) is 4.90 Å². The molecule has 7 nitrogen and oxygen atoms in total. The number of anilines is 1. The third kappa shape index (κ3) is 7.17. The van der Waals surface area contributed by atoms with E-state index in [9.17, 15) is 9.59 Å². The van der Waals surface area contributed by atoms with E-state index in [1.165, 1.54) is 0 Å². The number of fused-ring (bicyclic) bond motifs is 1. The van der Waals surface area contributed by atoms with Crippen molar-refractivity contribution in [2.45, 2.75) is 32.9 Å². The van der Waals surface area contributed by atoms with Gasteiger partial charge in [-0.25, -0.2) is 4.79 Å². The van der Waals surface area contributed by atoms with Crippen molar-refractivity contribution in [2.24, 2.45) is 0 Å². The zero-order valence-electron chi connectivity index (χ0n) is 19.5. The first kappa shape index (κ1) is 24.5. The average Bonchev–Trinajstić information content (AvgIpc) is 3.00. The predicted octanol–water partition coefficient (Wildman–Crippen LogP) is 4.00. The molecule has 0 fully saturated rings. The lowest BCUT2D eigenvalue weighted by Gasteiger charge is -2.19. The number of carbonyl (C=O) groups excluding carboxylic acids is 2. The van der Waals surface area contributed by atoms with Gasteiger partial charge in [-0.3, -0.25) is 4.79 Å². The summed E-state index contributed by atoms with van der Waals surface area (Å²) in [5.41, 5.74) is 2.79. The molecular weight excluding hydrogens is 422 g/mol. The van der Waals surface area contributed by atoms with Gasteiger partial charge in [-0.2, -0.15) is 0 Å². The van der Waals surface area contributed by atoms with E-state index in [0.717, 1.165) is 22.6 Å². The monoisotopic (exact) mass is 453 g/mol. The van der Waals surface area contributed by atoms with E-state index in [2.05, 4.69) is 6.58 Å². The van der Waals surface area contributed by atoms with E-state index >= 15 is 0 Å². The Morgan fingerprint density at radius 3 is 2.33 bits per heavy atom. The molecule has 7 heteroatoms. The molecule has 2 aromatic carbocycles. The van der Waals surface area contributed by atoms with E-state index < -0.39 is 11.6 Å². The summed E-state index contributed by atoms with van der Waals surface area (Å²) in [6, 6.07) is 15.3. The smallest absolute Gasteiger partial charge is 0.332 e. The lowest BCUT2D eigenvalue weighted by atomic mass is 10.1. The maximum atomic E-state index is 12.5. The van der Waals surface area contributed by atoms with Crippen molar-refractivity contribution in [3.8, 4) is 5.75 Å². The van der Waals surface area contributed by atoms with Gasteiger partial charge in [-0.1, -0.05) is 36.9 Å². The van der Waals surface area contributed by atoms with Gasteiger partial charge in [0.25, 0.3) is 5.91 Å². The van der Waals surface area contributed by atoms with E-state index in [4.69, 9.17) is 18.9 Å². The number of carbonyl (C=O) groups is 2. The number of rotatable bonds is 11. The van der Waals surface area contributed by atoms with Crippen LogP contribution in [0.3, 0.4) is 0 Å². The minimum atomic E-state index is -0.515. The van der Waals surface area contributed by atoms with Crippen molar-refractivity contribution < 1.29 is 28.5 Å². The summed E-state index contributed by atoms with van der Waals surface area (Å²) >= 11 is 0. The Hall–Kier alpha value is -3.16. The number of benzene rings is 2. The fraction of sp³-hybridized carbons (Fsp3) is 0.385. The molecule has 0 radical (unpaired) electrons. The van der Waals surface area contributed by atoms with E-state index in [1.807, 2.05) is 69.3 Å². The fourth-order valence-electron chi connectivity index (χ4n) is 3.35. The molecule has 3 rings (SSSR count). The van der Waals surface area contributed by atoms with Crippen molar-refractivity contribution in [1.82, 2.24) is 0 Å². The van der Waals surface area contributed by atoms with Crippen LogP contribution in [-0.4, -0.2) is 50.5 Å². The molecular formula is C26H31NO6. The quantitative estimate of drug-likeness (QED) is 0.291. The highest BCUT2D eigenvalue weighted by Gasteiger charge is 2.30. The molecule has 0 aliphatic carbocycles. The molecule has 0 saturated carbocycles. The minimum absolute atomic E-state index is 0.0660. The molecule has 0 unspecified atom stereocenters. The molecule has 33 heavy (non-hydrogen) atoms. The first-order chi connectivity index (χ1) is 15.7. The fourth-order valence-corrected chi connectivity index (χ4v) is 3.35. The van der Waals surface area contributed by atoms with Gasteiger partial charge < -0.3 is 23.8 Å². The van der Waals surface area contributed by atoms with E-state index in [0.29, 0.717) is 38.5 Å². The highest BCUT2D eigenvalue weighted by molar-refractivity contribution is 6.31. The molecule has 0 spiro atoms. The first-order valence-corrected chi connectivity index (χ1v) is 10.9. The van der Waals surface area contributed by atoms with Crippen LogP contribution in [-0.2, 0) is 30.3 Å². The molecule has 1 amide bonds. The SMILES string of the molecule is C=C1C(=O)N(Cc2ccc(OCCOCCOCC(=O)OC(C)(C)C)cc2)c2ccccc21. The number of amides is 1. The van der Waals surface area contributed by atoms with Crippen LogP contribution in [0.15, 0.2) is 55.1 Å². The second kappa shape index (κ2) is 11.1. The second-order valence-electron chi connectivity index (χ2n) is 8.63. The van der Waals surface area contributed by atoms with Crippen molar-refractivity contribution in [1.29, 1.82) is 0 Å². The standard InChI is InChI=1S/C26H31NO6/c1-19-22-7-5-6-8-23(22)27(25(19)29)17-20-9-11-21(12-10-20)32-16-15-30-13-14-31-18-24(28)33-26(2,3)4/h5-12H,1,13-18H2,2-4H3. The Labute approximate surface area is 194 Å². The van der Waals surface area contributed by atoms with Crippen molar-refractivity contribution >= 4 is 23.1 Å². The Balaban J connectivity index is 1.33. The summed E-state index contributed by atoms with van der Waals surface area (Å²) in [6.07, 6.45) is 0. The molecule has 0 N–H and O–H groups in total. The predicted molar refractivity (Wildman–Crippen MR) is 126 cm³/mol. The van der Waals surface area contributed by atoms with Gasteiger partial charge >= 0.3 is 5.97 Å². The van der Waals surface area contributed by atoms with Gasteiger partial charge in [0, 0.05) is 11.1 Å². The summed E-state index contributed by atoms with van der Waals surface area (Å²) in [6.45, 7) is 11.2. The number of hydrogen-bond donors (Lipinski definition) is 0. The average molecular weight is 454 g/mol. The summed E-state index contributed by atoms with van der Waals surface area (Å²) < 4.78 is 21.5. The molecule has 0 aromatic heterocycles. The molecule has 1 aliphatic rings. The maximum absolute atomic E-state index is 12.5. The zero-order chi connectivity index (χ0) is 23.8. The molecule has 176 valence electrons. The first-order valence-electron chi connectivity index (χ1n) is 10.9. The number of hydrogen-bond acceptors (Lipinski definition) is 6. The third-order valence-corrected chi connectivity index (χ3v) is 4.80. The molecule has 2 aromatic rings. The van der Waals surface area contributed by atoms with Crippen LogP contribution in [0.2, 0.25) is 0 Å². The molecule has 0 atom stereocenters. The number of nitrogens with zero attached hydrogens (tertiary/aromatic N) is 1. The Morgan fingerprint density at radius 1 is 0.939 bits per heavy atom. The number of esters is 1. The van der Waals surface area contributed by atoms with Gasteiger partial charge in [-0.05, 0) is 44.5 Å². The van der Waals surface area contributed by atoms with Gasteiger partial charge in [-0.15, -0.1) is 0 Å². The summed E-state index contributed by atoms with van der Waals surface area (Å²) in [7, 11) is 0. The summed E-state index contributed by atoms with van der Waals surface area (Å²) in [4.78, 5) is 25.8. The lowest BCUT2D eigenvalue weighted by Crippen LogP contribution is -2.27. The van der Waals surface area contributed by atoms with Crippen LogP contribution >= 0.6 is 0 Å². The van der Waals surface area contributed by atoms with Gasteiger partial charge in [0.15, 0.2) is 0 Å². The van der Waals surface area contributed by atoms with Crippen molar-refractivity contribution in [2.75, 3.05) is 37.9 Å². The molecule has 0 saturated heterocycles. The highest BCUT2D eigenvalue weighted by Crippen LogP contribution is 2.36. The Kier molecular flexibility index (Phi) is 8.25. The second-order valence-corrected chi connectivity index (χ2v) is 8.63. The Bertz CT molecular complexity index is 977. The van der Waals surface area contributed by atoms with Crippen molar-refractivity contribution in [3.63, 3.8) is 0 Å². The normalized spacial score (nSPS) is 13.2. The Morgan fingerprint density at radius 2 is 1.61 bits per heavy atom. The van der Waals surface area contributed by atoms with Crippen LogP contribution < -0.4 is 9.64 Å². The highest BCUT2D eigenvalue weighted by atomic mass is 16.6. The lowest BCUT2D eigenvalue weighted by molar-refractivity contribution is -0.160. The number of para-hydroxylation sites is 1. The summed E-state index contributed by atoms with van der Waals surface area (Å²) in [5.74, 6) is 0.266. The van der Waals surface area contributed by atoms with Gasteiger partial charge in [0.1, 0.15) is 24.6 Å². The zero-order valence-corrected chi connectivity index (χ0v) is 19.5. The van der Waals surface area contributed by atoms with Gasteiger partial charge in [0.2, 0.25) is 0 Å². The van der Waals surface area contributed by atoms with Crippen LogP contribution in [0.25, 0.3) is 5.57 Å². The van der Waals surface area contributed by atoms with E-state index in [-0.39, 0.29) is 12.5 Å². The molecule has 0 bridgehead atoms. The molecule has 1 aliphatic heterocycles. The summed E-state index contributed by atoms with van der Waals surface area (Å²) in [5, 5.41) is 0. The van der Waals surface area contributed by atoms with Crippen LogP contribution in [0, 0.1) is 0 Å². The molecule has 1 heterocycles. The third-order valence-electron chi connectivity index (χ3n) is 4.80. The van der Waals surface area contributed by atoms with Gasteiger partial charge in [0.05, 0.1) is 32.1 Å². The van der Waals surface area contributed by atoms with Crippen molar-refractivity contribution in [3.05, 3.63) is 66.2 Å². The van der Waals surface area contributed by atoms with Crippen LogP contribution in [0.5, 0.6) is 5.75 Å². The van der Waals surface area contributed by atoms with Crippen LogP contribution in [0.4, 0.5) is 5.69 Å². The minimum Gasteiger partial charge on any atom is -0.491 e. The maximum Gasteiger partial charge on any atom is 0.332 e.